The minimum Gasteiger partial charge on any atom is -0.357 e. The second-order valence-corrected chi connectivity index (χ2v) is 7.83. The molecule has 2 aromatic carbocycles. The first-order chi connectivity index (χ1) is 14.1. The lowest BCUT2D eigenvalue weighted by Gasteiger charge is -2.28. The fraction of sp³-hybridized carbons (Fsp3) is 0.250. The van der Waals surface area contributed by atoms with E-state index in [0.29, 0.717) is 5.02 Å². The molecule has 1 saturated heterocycles. The zero-order valence-electron chi connectivity index (χ0n) is 16.5. The molecule has 0 unspecified atom stereocenters. The number of aromatic nitrogens is 1. The maximum atomic E-state index is 12.3. The number of amides is 1. The van der Waals surface area contributed by atoms with Gasteiger partial charge in [-0.3, -0.25) is 4.79 Å². The van der Waals surface area contributed by atoms with Crippen LogP contribution in [0.3, 0.4) is 0 Å². The number of nitrogens with zero attached hydrogens (tertiary/aromatic N) is 2. The Morgan fingerprint density at radius 2 is 1.90 bits per heavy atom. The average molecular weight is 406 g/mol. The smallest absolute Gasteiger partial charge is 0.248 e. The first kappa shape index (κ1) is 19.5. The molecule has 148 valence electrons. The number of carbonyl (C=O) groups excluding carboxylic acids is 1. The number of rotatable bonds is 4. The Balaban J connectivity index is 1.52. The van der Waals surface area contributed by atoms with E-state index in [1.807, 2.05) is 36.4 Å². The molecule has 5 heteroatoms. The van der Waals surface area contributed by atoms with Gasteiger partial charge in [0.15, 0.2) is 0 Å². The van der Waals surface area contributed by atoms with E-state index in [2.05, 4.69) is 23.2 Å². The summed E-state index contributed by atoms with van der Waals surface area (Å²) >= 11 is 6.13. The number of anilines is 2. The second kappa shape index (κ2) is 8.66. The highest BCUT2D eigenvalue weighted by molar-refractivity contribution is 6.32. The number of aryl methyl sites for hydroxylation is 1. The minimum atomic E-state index is -0.195. The van der Waals surface area contributed by atoms with Crippen LogP contribution in [0.15, 0.2) is 54.6 Å². The summed E-state index contributed by atoms with van der Waals surface area (Å²) in [6.07, 6.45) is 6.97. The standard InChI is InChI=1S/C24H24ClN3O/c1-17-15-23(28-13-5-2-6-14-28)27-22-11-10-19(16-20(17)22)26-24(29)12-9-18-7-3-4-8-21(18)25/h3-4,7-12,15-16H,2,5-6,13-14H2,1H3,(H,26,29)/b12-9+. The molecule has 1 aromatic heterocycles. The van der Waals surface area contributed by atoms with Crippen molar-refractivity contribution in [3.63, 3.8) is 0 Å². The van der Waals surface area contributed by atoms with Gasteiger partial charge in [-0.2, -0.15) is 0 Å². The number of benzene rings is 2. The van der Waals surface area contributed by atoms with E-state index in [0.717, 1.165) is 41.1 Å². The quantitative estimate of drug-likeness (QED) is 0.554. The van der Waals surface area contributed by atoms with E-state index in [1.54, 1.807) is 12.1 Å². The summed E-state index contributed by atoms with van der Waals surface area (Å²) in [6.45, 7) is 4.24. The van der Waals surface area contributed by atoms with E-state index in [1.165, 1.54) is 30.9 Å². The van der Waals surface area contributed by atoms with Crippen LogP contribution in [-0.2, 0) is 4.79 Å². The molecule has 29 heavy (non-hydrogen) atoms. The molecule has 0 bridgehead atoms. The summed E-state index contributed by atoms with van der Waals surface area (Å²) in [6, 6.07) is 15.4. The molecule has 4 nitrogen and oxygen atoms in total. The lowest BCUT2D eigenvalue weighted by molar-refractivity contribution is -0.111. The van der Waals surface area contributed by atoms with E-state index in [9.17, 15) is 4.79 Å². The predicted octanol–water partition coefficient (Wildman–Crippen LogP) is 5.84. The number of hydrogen-bond donors (Lipinski definition) is 1. The van der Waals surface area contributed by atoms with Gasteiger partial charge in [0.25, 0.3) is 0 Å². The second-order valence-electron chi connectivity index (χ2n) is 7.42. The first-order valence-electron chi connectivity index (χ1n) is 10.00. The number of fused-ring (bicyclic) bond motifs is 1. The van der Waals surface area contributed by atoms with Crippen molar-refractivity contribution in [2.45, 2.75) is 26.2 Å². The molecule has 4 rings (SSSR count). The van der Waals surface area contributed by atoms with Crippen molar-refractivity contribution in [3.05, 3.63) is 70.8 Å². The number of halogens is 1. The largest absolute Gasteiger partial charge is 0.357 e. The number of piperidine rings is 1. The van der Waals surface area contributed by atoms with Gasteiger partial charge in [-0.15, -0.1) is 0 Å². The normalized spacial score (nSPS) is 14.5. The van der Waals surface area contributed by atoms with Crippen LogP contribution in [0.5, 0.6) is 0 Å². The molecule has 0 radical (unpaired) electrons. The Bertz CT molecular complexity index is 1070. The van der Waals surface area contributed by atoms with E-state index in [4.69, 9.17) is 16.6 Å². The molecule has 0 spiro atoms. The van der Waals surface area contributed by atoms with Crippen molar-refractivity contribution in [2.24, 2.45) is 0 Å². The minimum absolute atomic E-state index is 0.195. The van der Waals surface area contributed by atoms with Crippen molar-refractivity contribution in [2.75, 3.05) is 23.3 Å². The third-order valence-electron chi connectivity index (χ3n) is 5.27. The third-order valence-corrected chi connectivity index (χ3v) is 5.61. The topological polar surface area (TPSA) is 45.2 Å². The summed E-state index contributed by atoms with van der Waals surface area (Å²) in [7, 11) is 0. The lowest BCUT2D eigenvalue weighted by Crippen LogP contribution is -2.30. The van der Waals surface area contributed by atoms with Crippen LogP contribution in [0.1, 0.15) is 30.4 Å². The Morgan fingerprint density at radius 3 is 2.69 bits per heavy atom. The fourth-order valence-electron chi connectivity index (χ4n) is 3.70. The molecule has 0 aliphatic carbocycles. The highest BCUT2D eigenvalue weighted by Crippen LogP contribution is 2.27. The molecule has 0 saturated carbocycles. The summed E-state index contributed by atoms with van der Waals surface area (Å²) in [5, 5.41) is 4.60. The van der Waals surface area contributed by atoms with Gasteiger partial charge in [0, 0.05) is 35.3 Å². The Morgan fingerprint density at radius 1 is 1.10 bits per heavy atom. The van der Waals surface area contributed by atoms with Gasteiger partial charge in [0.2, 0.25) is 5.91 Å². The van der Waals surface area contributed by atoms with Crippen LogP contribution in [-0.4, -0.2) is 24.0 Å². The number of carbonyl (C=O) groups is 1. The summed E-state index contributed by atoms with van der Waals surface area (Å²) in [5.74, 6) is 0.856. The van der Waals surface area contributed by atoms with Gasteiger partial charge in [-0.05, 0) is 73.7 Å². The van der Waals surface area contributed by atoms with Crippen LogP contribution in [0.25, 0.3) is 17.0 Å². The molecule has 1 amide bonds. The SMILES string of the molecule is Cc1cc(N2CCCCC2)nc2ccc(NC(=O)/C=C/c3ccccc3Cl)cc12. The van der Waals surface area contributed by atoms with Gasteiger partial charge in [-0.25, -0.2) is 4.98 Å². The summed E-state index contributed by atoms with van der Waals surface area (Å²) in [4.78, 5) is 19.5. The fourth-order valence-corrected chi connectivity index (χ4v) is 3.90. The monoisotopic (exact) mass is 405 g/mol. The summed E-state index contributed by atoms with van der Waals surface area (Å²) in [5.41, 5.74) is 3.68. The van der Waals surface area contributed by atoms with Gasteiger partial charge < -0.3 is 10.2 Å². The van der Waals surface area contributed by atoms with Crippen LogP contribution in [0.2, 0.25) is 5.02 Å². The van der Waals surface area contributed by atoms with Crippen molar-refractivity contribution < 1.29 is 4.79 Å². The van der Waals surface area contributed by atoms with Crippen LogP contribution >= 0.6 is 11.6 Å². The lowest BCUT2D eigenvalue weighted by atomic mass is 10.1. The number of hydrogen-bond acceptors (Lipinski definition) is 3. The van der Waals surface area contributed by atoms with Gasteiger partial charge in [0.05, 0.1) is 5.52 Å². The van der Waals surface area contributed by atoms with E-state index < -0.39 is 0 Å². The van der Waals surface area contributed by atoms with Gasteiger partial charge in [-0.1, -0.05) is 29.8 Å². The van der Waals surface area contributed by atoms with E-state index >= 15 is 0 Å². The van der Waals surface area contributed by atoms with Crippen LogP contribution in [0, 0.1) is 6.92 Å². The molecule has 0 atom stereocenters. The molecule has 2 heterocycles. The molecule has 1 aliphatic heterocycles. The zero-order chi connectivity index (χ0) is 20.2. The van der Waals surface area contributed by atoms with Crippen molar-refractivity contribution in [1.82, 2.24) is 4.98 Å². The number of pyridine rings is 1. The Labute approximate surface area is 176 Å². The number of nitrogens with one attached hydrogen (secondary N) is 1. The van der Waals surface area contributed by atoms with E-state index in [-0.39, 0.29) is 5.91 Å². The molecule has 3 aromatic rings. The Kier molecular flexibility index (Phi) is 5.81. The molecule has 1 fully saturated rings. The zero-order valence-corrected chi connectivity index (χ0v) is 17.2. The molecule has 1 N–H and O–H groups in total. The van der Waals surface area contributed by atoms with Crippen LogP contribution in [0.4, 0.5) is 11.5 Å². The van der Waals surface area contributed by atoms with Crippen LogP contribution < -0.4 is 10.2 Å². The Hall–Kier alpha value is -2.85. The molecule has 1 aliphatic rings. The van der Waals surface area contributed by atoms with Crippen molar-refractivity contribution in [1.29, 1.82) is 0 Å². The van der Waals surface area contributed by atoms with Gasteiger partial charge >= 0.3 is 0 Å². The highest BCUT2D eigenvalue weighted by atomic mass is 35.5. The highest BCUT2D eigenvalue weighted by Gasteiger charge is 2.14. The van der Waals surface area contributed by atoms with Crippen molar-refractivity contribution in [3.8, 4) is 0 Å². The first-order valence-corrected chi connectivity index (χ1v) is 10.4. The summed E-state index contributed by atoms with van der Waals surface area (Å²) < 4.78 is 0. The maximum absolute atomic E-state index is 12.3. The van der Waals surface area contributed by atoms with Gasteiger partial charge in [0.1, 0.15) is 5.82 Å². The average Bonchev–Trinajstić information content (AvgIpc) is 2.74. The molecular weight excluding hydrogens is 382 g/mol. The maximum Gasteiger partial charge on any atom is 0.248 e. The molecular formula is C24H24ClN3O. The predicted molar refractivity (Wildman–Crippen MR) is 122 cm³/mol. The third kappa shape index (κ3) is 4.60. The van der Waals surface area contributed by atoms with Crippen molar-refractivity contribution >= 4 is 46.0 Å².